The number of likely N-dealkylation sites (tertiary alicyclic amines) is 1. The molecule has 0 unspecified atom stereocenters. The van der Waals surface area contributed by atoms with E-state index in [1.165, 1.54) is 24.2 Å². The molecule has 9 heteroatoms. The highest BCUT2D eigenvalue weighted by molar-refractivity contribution is 7.20. The van der Waals surface area contributed by atoms with E-state index in [2.05, 4.69) is 21.3 Å². The summed E-state index contributed by atoms with van der Waals surface area (Å²) in [6.45, 7) is 8.81. The first-order valence-corrected chi connectivity index (χ1v) is 15.0. The lowest BCUT2D eigenvalue weighted by molar-refractivity contribution is -0.119. The zero-order valence-electron chi connectivity index (χ0n) is 23.7. The maximum absolute atomic E-state index is 13.5. The number of thiophene rings is 1. The van der Waals surface area contributed by atoms with Crippen molar-refractivity contribution < 1.29 is 9.59 Å². The lowest BCUT2D eigenvalue weighted by atomic mass is 10.1. The molecule has 0 aliphatic carbocycles. The summed E-state index contributed by atoms with van der Waals surface area (Å²) in [6.07, 6.45) is 6.48. The summed E-state index contributed by atoms with van der Waals surface area (Å²) in [5.74, 6) is 0.210. The first-order valence-electron chi connectivity index (χ1n) is 14.2. The molecule has 2 aromatic carbocycles. The molecule has 0 spiro atoms. The van der Waals surface area contributed by atoms with Gasteiger partial charge in [-0.25, -0.2) is 4.98 Å². The number of carbonyl (C=O) groups is 2. The summed E-state index contributed by atoms with van der Waals surface area (Å²) in [7, 11) is 0. The Hall–Kier alpha value is -4.00. The van der Waals surface area contributed by atoms with E-state index in [1.807, 2.05) is 71.8 Å². The number of carbonyl (C=O) groups excluding carboxylic acids is 2. The first-order chi connectivity index (χ1) is 19.9. The summed E-state index contributed by atoms with van der Waals surface area (Å²) < 4.78 is 3.05. The Labute approximate surface area is 245 Å². The van der Waals surface area contributed by atoms with Crippen molar-refractivity contribution in [3.05, 3.63) is 82.8 Å². The maximum atomic E-state index is 13.5. The van der Waals surface area contributed by atoms with Gasteiger partial charge in [-0.2, -0.15) is 5.26 Å². The van der Waals surface area contributed by atoms with E-state index in [9.17, 15) is 9.59 Å². The van der Waals surface area contributed by atoms with E-state index < -0.39 is 0 Å². The Morgan fingerprint density at radius 1 is 1.12 bits per heavy atom. The van der Waals surface area contributed by atoms with E-state index in [0.29, 0.717) is 36.5 Å². The van der Waals surface area contributed by atoms with Crippen molar-refractivity contribution in [3.8, 4) is 6.07 Å². The van der Waals surface area contributed by atoms with Gasteiger partial charge in [0.25, 0.3) is 5.91 Å². The monoisotopic (exact) mass is 568 g/mol. The van der Waals surface area contributed by atoms with E-state index in [-0.39, 0.29) is 17.7 Å². The second-order valence-electron chi connectivity index (χ2n) is 11.0. The predicted molar refractivity (Wildman–Crippen MR) is 163 cm³/mol. The van der Waals surface area contributed by atoms with Crippen LogP contribution < -0.4 is 10.2 Å². The van der Waals surface area contributed by atoms with Gasteiger partial charge in [-0.05, 0) is 79.2 Å². The minimum absolute atomic E-state index is 0.0422. The highest BCUT2D eigenvalue weighted by Gasteiger charge is 2.21. The van der Waals surface area contributed by atoms with Crippen LogP contribution in [0.1, 0.15) is 59.6 Å². The minimum atomic E-state index is -0.0496. The van der Waals surface area contributed by atoms with Gasteiger partial charge in [0.15, 0.2) is 0 Å². The van der Waals surface area contributed by atoms with Crippen LogP contribution in [0.5, 0.6) is 0 Å². The van der Waals surface area contributed by atoms with E-state index >= 15 is 0 Å². The molecule has 1 N–H and O–H groups in total. The molecule has 8 nitrogen and oxygen atoms in total. The third-order valence-electron chi connectivity index (χ3n) is 7.39. The topological polar surface area (TPSA) is 94.3 Å². The fourth-order valence-corrected chi connectivity index (χ4v) is 6.14. The van der Waals surface area contributed by atoms with Crippen molar-refractivity contribution in [2.24, 2.45) is 5.92 Å². The van der Waals surface area contributed by atoms with Crippen LogP contribution in [0, 0.1) is 17.2 Å². The normalized spacial score (nSPS) is 13.5. The fourth-order valence-electron chi connectivity index (χ4n) is 5.18. The molecule has 0 radical (unpaired) electrons. The fraction of sp³-hybridized carbons (Fsp3) is 0.375. The molecule has 1 aliphatic rings. The third kappa shape index (κ3) is 7.20. The maximum Gasteiger partial charge on any atom is 0.261 e. The van der Waals surface area contributed by atoms with Crippen LogP contribution in [0.4, 0.5) is 5.69 Å². The zero-order chi connectivity index (χ0) is 28.8. The standard InChI is InChI=1S/C32H36N6O2S/c1-23(2)15-31(39)38(21-28-19-34-22-37(28)20-25-7-5-24(18-33)6-8-25)27-9-10-29-26(16-27)17-30(41-29)32(40)35-11-14-36-12-3-4-13-36/h5-10,16-17,19,22-23H,3-4,11-15,20-21H2,1-2H3,(H,35,40). The van der Waals surface area contributed by atoms with E-state index in [4.69, 9.17) is 5.26 Å². The number of aromatic nitrogens is 2. The number of rotatable bonds is 11. The van der Waals surface area contributed by atoms with Gasteiger partial charge in [-0.15, -0.1) is 11.3 Å². The molecule has 212 valence electrons. The smallest absolute Gasteiger partial charge is 0.261 e. The van der Waals surface area contributed by atoms with Crippen LogP contribution in [-0.4, -0.2) is 52.4 Å². The van der Waals surface area contributed by atoms with E-state index in [0.717, 1.165) is 46.7 Å². The van der Waals surface area contributed by atoms with Crippen molar-refractivity contribution in [1.82, 2.24) is 19.8 Å². The van der Waals surface area contributed by atoms with Gasteiger partial charge in [0.1, 0.15) is 0 Å². The highest BCUT2D eigenvalue weighted by atomic mass is 32.1. The van der Waals surface area contributed by atoms with Crippen molar-refractivity contribution in [3.63, 3.8) is 0 Å². The Morgan fingerprint density at radius 3 is 2.63 bits per heavy atom. The van der Waals surface area contributed by atoms with Crippen LogP contribution in [-0.2, 0) is 17.9 Å². The molecule has 2 amide bonds. The van der Waals surface area contributed by atoms with Gasteiger partial charge in [0, 0.05) is 42.6 Å². The molecule has 5 rings (SSSR count). The van der Waals surface area contributed by atoms with Crippen LogP contribution in [0.25, 0.3) is 10.1 Å². The van der Waals surface area contributed by atoms with Crippen molar-refractivity contribution >= 4 is 38.9 Å². The molecule has 4 aromatic rings. The van der Waals surface area contributed by atoms with Crippen molar-refractivity contribution in [1.29, 1.82) is 5.26 Å². The second-order valence-corrected chi connectivity index (χ2v) is 12.1. The summed E-state index contributed by atoms with van der Waals surface area (Å²) in [5.41, 5.74) is 3.38. The molecule has 0 saturated carbocycles. The van der Waals surface area contributed by atoms with Crippen LogP contribution >= 0.6 is 11.3 Å². The van der Waals surface area contributed by atoms with Gasteiger partial charge in [-0.3, -0.25) is 9.59 Å². The number of anilines is 1. The summed E-state index contributed by atoms with van der Waals surface area (Å²) in [6, 6.07) is 17.5. The van der Waals surface area contributed by atoms with Crippen molar-refractivity contribution in [2.75, 3.05) is 31.1 Å². The second kappa shape index (κ2) is 13.1. The number of hydrogen-bond acceptors (Lipinski definition) is 6. The Bertz CT molecular complexity index is 1540. The number of nitrogens with zero attached hydrogens (tertiary/aromatic N) is 5. The van der Waals surface area contributed by atoms with Crippen LogP contribution in [0.3, 0.4) is 0 Å². The Kier molecular flexibility index (Phi) is 9.12. The first kappa shape index (κ1) is 28.5. The molecule has 1 fully saturated rings. The number of amides is 2. The highest BCUT2D eigenvalue weighted by Crippen LogP contribution is 2.31. The molecular weight excluding hydrogens is 532 g/mol. The van der Waals surface area contributed by atoms with Gasteiger partial charge in [-0.1, -0.05) is 26.0 Å². The summed E-state index contributed by atoms with van der Waals surface area (Å²) in [5, 5.41) is 13.1. The summed E-state index contributed by atoms with van der Waals surface area (Å²) in [4.78, 5) is 35.6. The van der Waals surface area contributed by atoms with Gasteiger partial charge in [0.05, 0.1) is 35.1 Å². The number of hydrogen-bond donors (Lipinski definition) is 1. The Morgan fingerprint density at radius 2 is 1.90 bits per heavy atom. The number of nitriles is 1. The number of fused-ring (bicyclic) bond motifs is 1. The average molecular weight is 569 g/mol. The van der Waals surface area contributed by atoms with Crippen molar-refractivity contribution in [2.45, 2.75) is 46.2 Å². The molecule has 1 aliphatic heterocycles. The lowest BCUT2D eigenvalue weighted by Gasteiger charge is -2.24. The largest absolute Gasteiger partial charge is 0.350 e. The van der Waals surface area contributed by atoms with Gasteiger partial charge < -0.3 is 19.7 Å². The predicted octanol–water partition coefficient (Wildman–Crippen LogP) is 5.42. The minimum Gasteiger partial charge on any atom is -0.350 e. The average Bonchev–Trinajstić information content (AvgIpc) is 3.73. The zero-order valence-corrected chi connectivity index (χ0v) is 24.5. The molecule has 2 aromatic heterocycles. The summed E-state index contributed by atoms with van der Waals surface area (Å²) >= 11 is 1.48. The quantitative estimate of drug-likeness (QED) is 0.261. The Balaban J connectivity index is 1.34. The number of imidazole rings is 1. The molecular formula is C32H36N6O2S. The number of benzene rings is 2. The van der Waals surface area contributed by atoms with E-state index in [1.54, 1.807) is 12.5 Å². The van der Waals surface area contributed by atoms with Crippen LogP contribution in [0.2, 0.25) is 0 Å². The number of nitrogens with one attached hydrogen (secondary N) is 1. The molecule has 0 bridgehead atoms. The molecule has 3 heterocycles. The van der Waals surface area contributed by atoms with Gasteiger partial charge in [0.2, 0.25) is 5.91 Å². The van der Waals surface area contributed by atoms with Crippen LogP contribution in [0.15, 0.2) is 61.1 Å². The lowest BCUT2D eigenvalue weighted by Crippen LogP contribution is -2.33. The molecule has 0 atom stereocenters. The SMILES string of the molecule is CC(C)CC(=O)N(Cc1cncn1Cc1ccc(C#N)cc1)c1ccc2sc(C(=O)NCCN3CCCC3)cc2c1. The third-order valence-corrected chi connectivity index (χ3v) is 8.50. The molecule has 1 saturated heterocycles. The molecule has 41 heavy (non-hydrogen) atoms. The van der Waals surface area contributed by atoms with Gasteiger partial charge >= 0.3 is 0 Å².